The van der Waals surface area contributed by atoms with Crippen molar-refractivity contribution in [1.82, 2.24) is 5.32 Å². The van der Waals surface area contributed by atoms with Crippen LogP contribution in [0.25, 0.3) is 0 Å². The smallest absolute Gasteiger partial charge is 0.248 e. The molecule has 1 aliphatic rings. The van der Waals surface area contributed by atoms with Crippen LogP contribution in [-0.4, -0.2) is 18.4 Å². The summed E-state index contributed by atoms with van der Waals surface area (Å²) in [6, 6.07) is 0. The van der Waals surface area contributed by atoms with Crippen molar-refractivity contribution in [3.8, 4) is 0 Å². The van der Waals surface area contributed by atoms with Gasteiger partial charge in [-0.2, -0.15) is 0 Å². The summed E-state index contributed by atoms with van der Waals surface area (Å²) in [5, 5.41) is 2.67. The van der Waals surface area contributed by atoms with E-state index in [1.807, 2.05) is 6.92 Å². The van der Waals surface area contributed by atoms with Gasteiger partial charge in [0, 0.05) is 25.3 Å². The molecule has 1 N–H and O–H groups in total. The summed E-state index contributed by atoms with van der Waals surface area (Å²) in [5.41, 5.74) is 0. The van der Waals surface area contributed by atoms with Gasteiger partial charge in [0.05, 0.1) is 0 Å². The van der Waals surface area contributed by atoms with Crippen molar-refractivity contribution in [2.24, 2.45) is 5.92 Å². The molecular formula is C10H17F2NO. The average Bonchev–Trinajstić information content (AvgIpc) is 2.12. The highest BCUT2D eigenvalue weighted by Gasteiger charge is 2.38. The number of hydrogen-bond acceptors (Lipinski definition) is 1. The van der Waals surface area contributed by atoms with E-state index in [4.69, 9.17) is 0 Å². The second kappa shape index (κ2) is 4.71. The lowest BCUT2D eigenvalue weighted by atomic mass is 9.86. The fourth-order valence-corrected chi connectivity index (χ4v) is 1.79. The van der Waals surface area contributed by atoms with Crippen molar-refractivity contribution >= 4 is 5.91 Å². The maximum Gasteiger partial charge on any atom is 0.248 e. The number of hydrogen-bond donors (Lipinski definition) is 1. The Kier molecular flexibility index (Phi) is 3.84. The maximum absolute atomic E-state index is 13.0. The molecule has 0 aromatic carbocycles. The van der Waals surface area contributed by atoms with E-state index >= 15 is 0 Å². The van der Waals surface area contributed by atoms with E-state index < -0.39 is 11.8 Å². The monoisotopic (exact) mass is 205 g/mol. The van der Waals surface area contributed by atoms with Crippen LogP contribution in [0, 0.1) is 5.92 Å². The summed E-state index contributed by atoms with van der Waals surface area (Å²) in [7, 11) is 0. The summed E-state index contributed by atoms with van der Waals surface area (Å²) < 4.78 is 25.9. The van der Waals surface area contributed by atoms with Crippen molar-refractivity contribution in [2.45, 2.75) is 45.0 Å². The molecule has 0 bridgehead atoms. The fraction of sp³-hybridized carbons (Fsp3) is 0.900. The molecule has 0 radical (unpaired) electrons. The first-order chi connectivity index (χ1) is 6.55. The van der Waals surface area contributed by atoms with Crippen LogP contribution in [0.4, 0.5) is 8.78 Å². The average molecular weight is 205 g/mol. The van der Waals surface area contributed by atoms with Crippen molar-refractivity contribution in [2.75, 3.05) is 6.54 Å². The normalized spacial score (nSPS) is 25.8. The molecule has 82 valence electrons. The lowest BCUT2D eigenvalue weighted by Gasteiger charge is -2.27. The van der Waals surface area contributed by atoms with Crippen LogP contribution in [0.1, 0.15) is 39.0 Å². The van der Waals surface area contributed by atoms with Gasteiger partial charge < -0.3 is 5.32 Å². The zero-order valence-corrected chi connectivity index (χ0v) is 8.48. The zero-order valence-electron chi connectivity index (χ0n) is 8.48. The molecule has 0 aromatic heterocycles. The third-order valence-corrected chi connectivity index (χ3v) is 2.56. The standard InChI is InChI=1S/C10H17F2NO/c1-2-6-13-9(14)8-4-3-5-10(11,12)7-8/h8H,2-7H2,1H3,(H,13,14). The molecule has 1 saturated carbocycles. The van der Waals surface area contributed by atoms with Crippen LogP contribution in [0.15, 0.2) is 0 Å². The molecule has 4 heteroatoms. The van der Waals surface area contributed by atoms with E-state index in [1.54, 1.807) is 0 Å². The Morgan fingerprint density at radius 3 is 2.86 bits per heavy atom. The van der Waals surface area contributed by atoms with Gasteiger partial charge in [-0.3, -0.25) is 4.79 Å². The molecule has 2 nitrogen and oxygen atoms in total. The molecular weight excluding hydrogens is 188 g/mol. The minimum Gasteiger partial charge on any atom is -0.356 e. The van der Waals surface area contributed by atoms with Gasteiger partial charge in [-0.1, -0.05) is 6.92 Å². The molecule has 1 amide bonds. The zero-order chi connectivity index (χ0) is 10.6. The van der Waals surface area contributed by atoms with E-state index in [-0.39, 0.29) is 18.7 Å². The Bertz CT molecular complexity index is 206. The highest BCUT2D eigenvalue weighted by molar-refractivity contribution is 5.78. The van der Waals surface area contributed by atoms with Crippen LogP contribution in [0.2, 0.25) is 0 Å². The first-order valence-electron chi connectivity index (χ1n) is 5.21. The van der Waals surface area contributed by atoms with Gasteiger partial charge >= 0.3 is 0 Å². The first-order valence-corrected chi connectivity index (χ1v) is 5.21. The van der Waals surface area contributed by atoms with Gasteiger partial charge in [-0.25, -0.2) is 8.78 Å². The largest absolute Gasteiger partial charge is 0.356 e. The second-order valence-electron chi connectivity index (χ2n) is 3.94. The predicted octanol–water partition coefficient (Wildman–Crippen LogP) is 2.34. The van der Waals surface area contributed by atoms with Crippen molar-refractivity contribution < 1.29 is 13.6 Å². The maximum atomic E-state index is 13.0. The second-order valence-corrected chi connectivity index (χ2v) is 3.94. The van der Waals surface area contributed by atoms with Gasteiger partial charge in [-0.15, -0.1) is 0 Å². The van der Waals surface area contributed by atoms with Crippen LogP contribution in [0.3, 0.4) is 0 Å². The Morgan fingerprint density at radius 2 is 2.29 bits per heavy atom. The van der Waals surface area contributed by atoms with E-state index in [0.717, 1.165) is 6.42 Å². The number of amides is 1. The number of rotatable bonds is 3. The summed E-state index contributed by atoms with van der Waals surface area (Å²) in [4.78, 5) is 11.4. The van der Waals surface area contributed by atoms with E-state index in [9.17, 15) is 13.6 Å². The van der Waals surface area contributed by atoms with Crippen LogP contribution in [0.5, 0.6) is 0 Å². The molecule has 0 aromatic rings. The summed E-state index contributed by atoms with van der Waals surface area (Å²) in [6.07, 6.45) is 1.56. The van der Waals surface area contributed by atoms with Crippen LogP contribution in [-0.2, 0) is 4.79 Å². The van der Waals surface area contributed by atoms with Crippen molar-refractivity contribution in [1.29, 1.82) is 0 Å². The molecule has 0 heterocycles. The predicted molar refractivity (Wildman–Crippen MR) is 50.2 cm³/mol. The van der Waals surface area contributed by atoms with Crippen LogP contribution < -0.4 is 5.32 Å². The van der Waals surface area contributed by atoms with Gasteiger partial charge in [0.25, 0.3) is 0 Å². The van der Waals surface area contributed by atoms with Gasteiger partial charge in [0.2, 0.25) is 11.8 Å². The van der Waals surface area contributed by atoms with E-state index in [0.29, 0.717) is 19.4 Å². The number of nitrogens with one attached hydrogen (secondary N) is 1. The Balaban J connectivity index is 2.40. The summed E-state index contributed by atoms with van der Waals surface area (Å²) in [5.74, 6) is -3.32. The molecule has 1 unspecified atom stereocenters. The van der Waals surface area contributed by atoms with Crippen molar-refractivity contribution in [3.05, 3.63) is 0 Å². The topological polar surface area (TPSA) is 29.1 Å². The molecule has 0 spiro atoms. The highest BCUT2D eigenvalue weighted by atomic mass is 19.3. The fourth-order valence-electron chi connectivity index (χ4n) is 1.79. The van der Waals surface area contributed by atoms with Gasteiger partial charge in [-0.05, 0) is 19.3 Å². The Morgan fingerprint density at radius 1 is 1.57 bits per heavy atom. The molecule has 1 aliphatic carbocycles. The van der Waals surface area contributed by atoms with Crippen molar-refractivity contribution in [3.63, 3.8) is 0 Å². The number of carbonyl (C=O) groups excluding carboxylic acids is 1. The third kappa shape index (κ3) is 3.24. The molecule has 1 atom stereocenters. The first kappa shape index (κ1) is 11.4. The minimum absolute atomic E-state index is 0.0649. The Labute approximate surface area is 83.1 Å². The number of carbonyl (C=O) groups is 1. The lowest BCUT2D eigenvalue weighted by Crippen LogP contribution is -2.37. The van der Waals surface area contributed by atoms with Gasteiger partial charge in [0.15, 0.2) is 0 Å². The summed E-state index contributed by atoms with van der Waals surface area (Å²) >= 11 is 0. The van der Waals surface area contributed by atoms with Crippen LogP contribution >= 0.6 is 0 Å². The number of alkyl halides is 2. The van der Waals surface area contributed by atoms with E-state index in [1.165, 1.54) is 0 Å². The van der Waals surface area contributed by atoms with Gasteiger partial charge in [0.1, 0.15) is 0 Å². The summed E-state index contributed by atoms with van der Waals surface area (Å²) in [6.45, 7) is 2.52. The SMILES string of the molecule is CCCNC(=O)C1CCCC(F)(F)C1. The third-order valence-electron chi connectivity index (χ3n) is 2.56. The lowest BCUT2D eigenvalue weighted by molar-refractivity contribution is -0.132. The van der Waals surface area contributed by atoms with E-state index in [2.05, 4.69) is 5.32 Å². The molecule has 14 heavy (non-hydrogen) atoms. The quantitative estimate of drug-likeness (QED) is 0.752. The minimum atomic E-state index is -2.63. The molecule has 0 aliphatic heterocycles. The molecule has 1 fully saturated rings. The Hall–Kier alpha value is -0.670. The molecule has 1 rings (SSSR count). The highest BCUT2D eigenvalue weighted by Crippen LogP contribution is 2.36. The number of halogens is 2. The molecule has 0 saturated heterocycles.